The highest BCUT2D eigenvalue weighted by Crippen LogP contribution is 2.33. The summed E-state index contributed by atoms with van der Waals surface area (Å²) >= 11 is 0. The minimum atomic E-state index is 0.679. The van der Waals surface area contributed by atoms with Gasteiger partial charge in [-0.1, -0.05) is 38.2 Å². The Balaban J connectivity index is 1.99. The van der Waals surface area contributed by atoms with E-state index < -0.39 is 0 Å². The summed E-state index contributed by atoms with van der Waals surface area (Å²) in [6.07, 6.45) is 13.4. The highest BCUT2D eigenvalue weighted by Gasteiger charge is 2.18. The van der Waals surface area contributed by atoms with Crippen molar-refractivity contribution in [1.29, 1.82) is 0 Å². The molecule has 0 radical (unpaired) electrons. The van der Waals surface area contributed by atoms with Crippen LogP contribution in [0.4, 0.5) is 0 Å². The molecule has 0 amide bonds. The fourth-order valence-electron chi connectivity index (χ4n) is 1.69. The van der Waals surface area contributed by atoms with Gasteiger partial charge in [-0.3, -0.25) is 0 Å². The lowest BCUT2D eigenvalue weighted by Crippen LogP contribution is -1.95. The molecule has 0 aromatic rings. The Hall–Kier alpha value is -0.780. The summed E-state index contributed by atoms with van der Waals surface area (Å²) in [4.78, 5) is 0. The van der Waals surface area contributed by atoms with Crippen LogP contribution >= 0.6 is 0 Å². The molecule has 0 aromatic heterocycles. The molecule has 0 heteroatoms. The standard InChI is InChI=1S/C13H18/c1-10(2)13-7-5-12(6-8-13)9-11-3-4-11/h5,7-11H,3-4,6H2,1-2H3. The maximum atomic E-state index is 2.45. The Bertz CT molecular complexity index is 272. The molecule has 0 aromatic carbocycles. The molecule has 0 N–H and O–H groups in total. The summed E-state index contributed by atoms with van der Waals surface area (Å²) in [5.41, 5.74) is 3.01. The summed E-state index contributed by atoms with van der Waals surface area (Å²) in [6.45, 7) is 4.51. The average molecular weight is 174 g/mol. The van der Waals surface area contributed by atoms with E-state index in [2.05, 4.69) is 38.2 Å². The lowest BCUT2D eigenvalue weighted by molar-refractivity contribution is 0.782. The molecular formula is C13H18. The quantitative estimate of drug-likeness (QED) is 0.596. The maximum absolute atomic E-state index is 2.45. The summed E-state index contributed by atoms with van der Waals surface area (Å²) < 4.78 is 0. The van der Waals surface area contributed by atoms with Crippen LogP contribution in [-0.4, -0.2) is 0 Å². The van der Waals surface area contributed by atoms with Gasteiger partial charge in [-0.15, -0.1) is 0 Å². The molecule has 2 aliphatic rings. The molecule has 1 saturated carbocycles. The first-order chi connectivity index (χ1) is 6.25. The Morgan fingerprint density at radius 3 is 2.54 bits per heavy atom. The molecule has 0 aliphatic heterocycles. The van der Waals surface area contributed by atoms with Gasteiger partial charge in [0.05, 0.1) is 0 Å². The van der Waals surface area contributed by atoms with E-state index in [4.69, 9.17) is 0 Å². The van der Waals surface area contributed by atoms with E-state index in [0.29, 0.717) is 5.92 Å². The normalized spacial score (nSPS) is 25.5. The molecule has 0 unspecified atom stereocenters. The molecule has 2 aliphatic carbocycles. The lowest BCUT2D eigenvalue weighted by atomic mass is 9.94. The molecule has 1 fully saturated rings. The third-order valence-corrected chi connectivity index (χ3v) is 2.80. The summed E-state index contributed by atoms with van der Waals surface area (Å²) in [5, 5.41) is 0. The van der Waals surface area contributed by atoms with E-state index in [0.717, 1.165) is 12.3 Å². The largest absolute Gasteiger partial charge is 0.0779 e. The van der Waals surface area contributed by atoms with Crippen molar-refractivity contribution in [3.8, 4) is 0 Å². The molecule has 0 spiro atoms. The molecule has 0 atom stereocenters. The van der Waals surface area contributed by atoms with Crippen LogP contribution in [0.3, 0.4) is 0 Å². The zero-order chi connectivity index (χ0) is 9.26. The van der Waals surface area contributed by atoms with Gasteiger partial charge in [-0.2, -0.15) is 0 Å². The SMILES string of the molecule is CC(C)C1=CCC(=CC2CC2)C=C1. The van der Waals surface area contributed by atoms with Crippen molar-refractivity contribution in [1.82, 2.24) is 0 Å². The highest BCUT2D eigenvalue weighted by molar-refractivity contribution is 5.36. The molecule has 13 heavy (non-hydrogen) atoms. The van der Waals surface area contributed by atoms with Gasteiger partial charge in [0.1, 0.15) is 0 Å². The van der Waals surface area contributed by atoms with Crippen LogP contribution in [-0.2, 0) is 0 Å². The third kappa shape index (κ3) is 2.33. The molecular weight excluding hydrogens is 156 g/mol. The van der Waals surface area contributed by atoms with Crippen molar-refractivity contribution in [3.05, 3.63) is 35.5 Å². The van der Waals surface area contributed by atoms with Gasteiger partial charge in [0.25, 0.3) is 0 Å². The van der Waals surface area contributed by atoms with Crippen molar-refractivity contribution < 1.29 is 0 Å². The van der Waals surface area contributed by atoms with Crippen molar-refractivity contribution in [2.75, 3.05) is 0 Å². The van der Waals surface area contributed by atoms with E-state index >= 15 is 0 Å². The Labute approximate surface area is 81.0 Å². The monoisotopic (exact) mass is 174 g/mol. The number of rotatable bonds is 2. The first-order valence-electron chi connectivity index (χ1n) is 5.34. The first-order valence-corrected chi connectivity index (χ1v) is 5.34. The van der Waals surface area contributed by atoms with Crippen LogP contribution in [0.15, 0.2) is 35.5 Å². The third-order valence-electron chi connectivity index (χ3n) is 2.80. The Morgan fingerprint density at radius 2 is 2.08 bits per heavy atom. The highest BCUT2D eigenvalue weighted by atomic mass is 14.2. The summed E-state index contributed by atoms with van der Waals surface area (Å²) in [7, 11) is 0. The topological polar surface area (TPSA) is 0 Å². The van der Waals surface area contributed by atoms with Gasteiger partial charge < -0.3 is 0 Å². The van der Waals surface area contributed by atoms with Gasteiger partial charge in [0, 0.05) is 0 Å². The molecule has 70 valence electrons. The number of allylic oxidation sites excluding steroid dienone is 6. The van der Waals surface area contributed by atoms with Gasteiger partial charge in [0.15, 0.2) is 0 Å². The van der Waals surface area contributed by atoms with Crippen LogP contribution in [0.5, 0.6) is 0 Å². The summed E-state index contributed by atoms with van der Waals surface area (Å²) in [6, 6.07) is 0. The molecule has 0 nitrogen and oxygen atoms in total. The second-order valence-electron chi connectivity index (χ2n) is 4.48. The first kappa shape index (κ1) is 8.80. The second kappa shape index (κ2) is 3.53. The van der Waals surface area contributed by atoms with Crippen molar-refractivity contribution in [2.45, 2.75) is 33.1 Å². The fraction of sp³-hybridized carbons (Fsp3) is 0.538. The van der Waals surface area contributed by atoms with Crippen LogP contribution in [0.25, 0.3) is 0 Å². The van der Waals surface area contributed by atoms with Gasteiger partial charge >= 0.3 is 0 Å². The van der Waals surface area contributed by atoms with E-state index in [1.165, 1.54) is 24.0 Å². The van der Waals surface area contributed by atoms with E-state index in [-0.39, 0.29) is 0 Å². The average Bonchev–Trinajstić information content (AvgIpc) is 2.89. The Morgan fingerprint density at radius 1 is 1.31 bits per heavy atom. The zero-order valence-electron chi connectivity index (χ0n) is 8.59. The molecule has 2 rings (SSSR count). The van der Waals surface area contributed by atoms with Crippen molar-refractivity contribution in [3.63, 3.8) is 0 Å². The smallest absolute Gasteiger partial charge is 0.00946 e. The predicted octanol–water partition coefficient (Wildman–Crippen LogP) is 3.87. The molecule has 0 bridgehead atoms. The van der Waals surface area contributed by atoms with Gasteiger partial charge in [-0.05, 0) is 42.2 Å². The maximum Gasteiger partial charge on any atom is -0.00946 e. The minimum absolute atomic E-state index is 0.679. The Kier molecular flexibility index (Phi) is 2.39. The molecule has 0 saturated heterocycles. The van der Waals surface area contributed by atoms with E-state index in [1.54, 1.807) is 0 Å². The molecule has 0 heterocycles. The van der Waals surface area contributed by atoms with Crippen LogP contribution in [0.2, 0.25) is 0 Å². The van der Waals surface area contributed by atoms with Gasteiger partial charge in [0.2, 0.25) is 0 Å². The van der Waals surface area contributed by atoms with Crippen LogP contribution in [0.1, 0.15) is 33.1 Å². The van der Waals surface area contributed by atoms with Crippen LogP contribution < -0.4 is 0 Å². The summed E-state index contributed by atoms with van der Waals surface area (Å²) in [5.74, 6) is 1.59. The van der Waals surface area contributed by atoms with Crippen molar-refractivity contribution >= 4 is 0 Å². The van der Waals surface area contributed by atoms with E-state index in [9.17, 15) is 0 Å². The second-order valence-corrected chi connectivity index (χ2v) is 4.48. The fourth-order valence-corrected chi connectivity index (χ4v) is 1.69. The lowest BCUT2D eigenvalue weighted by Gasteiger charge is -2.12. The zero-order valence-corrected chi connectivity index (χ0v) is 8.59. The minimum Gasteiger partial charge on any atom is -0.0779 e. The van der Waals surface area contributed by atoms with E-state index in [1.807, 2.05) is 0 Å². The predicted molar refractivity (Wildman–Crippen MR) is 57.5 cm³/mol. The van der Waals surface area contributed by atoms with Crippen molar-refractivity contribution in [2.24, 2.45) is 11.8 Å². The van der Waals surface area contributed by atoms with Gasteiger partial charge in [-0.25, -0.2) is 0 Å². The number of hydrogen-bond donors (Lipinski definition) is 0. The van der Waals surface area contributed by atoms with Crippen LogP contribution in [0, 0.1) is 11.8 Å². The number of hydrogen-bond acceptors (Lipinski definition) is 0.